The molecule has 1 atom stereocenters. The van der Waals surface area contributed by atoms with E-state index in [-0.39, 0.29) is 24.3 Å². The lowest BCUT2D eigenvalue weighted by atomic mass is 10.1. The predicted octanol–water partition coefficient (Wildman–Crippen LogP) is 0.465. The molecule has 2 amide bonds. The third-order valence-electron chi connectivity index (χ3n) is 3.88. The Morgan fingerprint density at radius 3 is 2.68 bits per heavy atom. The van der Waals surface area contributed by atoms with Gasteiger partial charge in [0.25, 0.3) is 0 Å². The van der Waals surface area contributed by atoms with Crippen LogP contribution in [0.3, 0.4) is 0 Å². The van der Waals surface area contributed by atoms with E-state index >= 15 is 0 Å². The lowest BCUT2D eigenvalue weighted by Gasteiger charge is -2.37. The van der Waals surface area contributed by atoms with E-state index in [1.165, 1.54) is 0 Å². The van der Waals surface area contributed by atoms with Gasteiger partial charge in [-0.3, -0.25) is 14.4 Å². The second-order valence-electron chi connectivity index (χ2n) is 5.22. The van der Waals surface area contributed by atoms with Crippen molar-refractivity contribution >= 4 is 17.8 Å². The molecule has 0 saturated carbocycles. The molecule has 6 heteroatoms. The van der Waals surface area contributed by atoms with Gasteiger partial charge >= 0.3 is 5.97 Å². The summed E-state index contributed by atoms with van der Waals surface area (Å²) in [7, 11) is 0. The highest BCUT2D eigenvalue weighted by Gasteiger charge is 2.36. The van der Waals surface area contributed by atoms with Gasteiger partial charge in [-0.1, -0.05) is 0 Å². The molecule has 2 rings (SSSR count). The molecule has 2 saturated heterocycles. The number of hydrogen-bond acceptors (Lipinski definition) is 3. The highest BCUT2D eigenvalue weighted by Crippen LogP contribution is 2.23. The second kappa shape index (κ2) is 6.04. The van der Waals surface area contributed by atoms with Crippen molar-refractivity contribution in [2.45, 2.75) is 44.6 Å². The maximum Gasteiger partial charge on any atom is 0.303 e. The minimum Gasteiger partial charge on any atom is -0.481 e. The van der Waals surface area contributed by atoms with Gasteiger partial charge in [0.2, 0.25) is 11.8 Å². The van der Waals surface area contributed by atoms with E-state index in [0.717, 1.165) is 6.42 Å². The van der Waals surface area contributed by atoms with Crippen molar-refractivity contribution in [2.24, 2.45) is 0 Å². The molecule has 19 heavy (non-hydrogen) atoms. The zero-order valence-electron chi connectivity index (χ0n) is 11.0. The summed E-state index contributed by atoms with van der Waals surface area (Å²) in [5.74, 6) is -0.520. The van der Waals surface area contributed by atoms with Gasteiger partial charge in [-0.2, -0.15) is 0 Å². The third kappa shape index (κ3) is 3.45. The maximum atomic E-state index is 12.0. The zero-order chi connectivity index (χ0) is 13.8. The van der Waals surface area contributed by atoms with E-state index in [1.807, 2.05) is 9.80 Å². The molecule has 0 spiro atoms. The molecule has 0 aromatic rings. The minimum atomic E-state index is -0.814. The fourth-order valence-electron chi connectivity index (χ4n) is 2.80. The number of piperazine rings is 1. The molecule has 0 radical (unpaired) electrons. The van der Waals surface area contributed by atoms with Crippen LogP contribution in [0.15, 0.2) is 0 Å². The number of carboxylic acid groups (broad SMARTS) is 1. The minimum absolute atomic E-state index is 0.0874. The van der Waals surface area contributed by atoms with Gasteiger partial charge in [0.1, 0.15) is 0 Å². The van der Waals surface area contributed by atoms with Crippen LogP contribution in [-0.4, -0.2) is 58.4 Å². The summed E-state index contributed by atoms with van der Waals surface area (Å²) in [6, 6.07) is 0.198. The Morgan fingerprint density at radius 2 is 1.95 bits per heavy atom. The second-order valence-corrected chi connectivity index (χ2v) is 5.22. The summed E-state index contributed by atoms with van der Waals surface area (Å²) < 4.78 is 0. The van der Waals surface area contributed by atoms with Crippen LogP contribution >= 0.6 is 0 Å². The van der Waals surface area contributed by atoms with Crippen LogP contribution in [0, 0.1) is 0 Å². The van der Waals surface area contributed by atoms with Gasteiger partial charge in [0, 0.05) is 44.9 Å². The Morgan fingerprint density at radius 1 is 1.21 bits per heavy atom. The van der Waals surface area contributed by atoms with E-state index in [2.05, 4.69) is 0 Å². The first-order valence-corrected chi connectivity index (χ1v) is 6.87. The Balaban J connectivity index is 1.72. The summed E-state index contributed by atoms with van der Waals surface area (Å²) in [6.45, 7) is 1.90. The van der Waals surface area contributed by atoms with Crippen molar-refractivity contribution in [2.75, 3.05) is 19.6 Å². The van der Waals surface area contributed by atoms with Crippen LogP contribution in [0.25, 0.3) is 0 Å². The molecule has 2 heterocycles. The Bertz CT molecular complexity index is 383. The molecule has 0 aromatic heterocycles. The van der Waals surface area contributed by atoms with Crippen molar-refractivity contribution in [3.63, 3.8) is 0 Å². The standard InChI is InChI=1S/C13H20N2O4/c16-11(3-1-2-4-13(18)19)14-7-8-15-10(9-14)5-6-12(15)17/h10H,1-9H2,(H,18,19). The van der Waals surface area contributed by atoms with Crippen LogP contribution in [0.1, 0.15) is 38.5 Å². The Labute approximate surface area is 112 Å². The van der Waals surface area contributed by atoms with Crippen LogP contribution < -0.4 is 0 Å². The number of unbranched alkanes of at least 4 members (excludes halogenated alkanes) is 1. The summed E-state index contributed by atoms with van der Waals surface area (Å²) in [5.41, 5.74) is 0. The van der Waals surface area contributed by atoms with Gasteiger partial charge in [-0.15, -0.1) is 0 Å². The van der Waals surface area contributed by atoms with Gasteiger partial charge in [0.15, 0.2) is 0 Å². The zero-order valence-corrected chi connectivity index (χ0v) is 11.0. The largest absolute Gasteiger partial charge is 0.481 e. The van der Waals surface area contributed by atoms with E-state index in [4.69, 9.17) is 5.11 Å². The van der Waals surface area contributed by atoms with Gasteiger partial charge in [0.05, 0.1) is 0 Å². The third-order valence-corrected chi connectivity index (χ3v) is 3.88. The predicted molar refractivity (Wildman–Crippen MR) is 67.4 cm³/mol. The number of rotatable bonds is 5. The number of hydrogen-bond donors (Lipinski definition) is 1. The molecule has 2 fully saturated rings. The van der Waals surface area contributed by atoms with Crippen molar-refractivity contribution in [1.29, 1.82) is 0 Å². The van der Waals surface area contributed by atoms with Crippen molar-refractivity contribution in [3.8, 4) is 0 Å². The van der Waals surface area contributed by atoms with Gasteiger partial charge in [-0.25, -0.2) is 0 Å². The molecule has 0 aromatic carbocycles. The first kappa shape index (κ1) is 13.8. The first-order chi connectivity index (χ1) is 9.08. The number of aliphatic carboxylic acids is 1. The van der Waals surface area contributed by atoms with Crippen molar-refractivity contribution in [1.82, 2.24) is 9.80 Å². The maximum absolute atomic E-state index is 12.0. The normalized spacial score (nSPS) is 22.5. The lowest BCUT2D eigenvalue weighted by molar-refractivity contribution is -0.139. The lowest BCUT2D eigenvalue weighted by Crippen LogP contribution is -2.53. The molecular formula is C13H20N2O4. The summed E-state index contributed by atoms with van der Waals surface area (Å²) >= 11 is 0. The smallest absolute Gasteiger partial charge is 0.303 e. The van der Waals surface area contributed by atoms with Crippen LogP contribution in [0.5, 0.6) is 0 Å². The van der Waals surface area contributed by atoms with E-state index in [0.29, 0.717) is 45.3 Å². The fraction of sp³-hybridized carbons (Fsp3) is 0.769. The summed E-state index contributed by atoms with van der Waals surface area (Å²) in [4.78, 5) is 37.6. The molecule has 106 valence electrons. The number of fused-ring (bicyclic) bond motifs is 1. The average molecular weight is 268 g/mol. The average Bonchev–Trinajstić information content (AvgIpc) is 2.75. The molecule has 1 unspecified atom stereocenters. The van der Waals surface area contributed by atoms with Crippen molar-refractivity contribution in [3.05, 3.63) is 0 Å². The Hall–Kier alpha value is -1.59. The molecule has 1 N–H and O–H groups in total. The molecule has 0 bridgehead atoms. The molecule has 2 aliphatic rings. The quantitative estimate of drug-likeness (QED) is 0.735. The first-order valence-electron chi connectivity index (χ1n) is 6.87. The van der Waals surface area contributed by atoms with Crippen LogP contribution in [0.2, 0.25) is 0 Å². The highest BCUT2D eigenvalue weighted by atomic mass is 16.4. The SMILES string of the molecule is O=C(O)CCCCC(=O)N1CCN2C(=O)CCC2C1. The fourth-order valence-corrected chi connectivity index (χ4v) is 2.80. The van der Waals surface area contributed by atoms with E-state index in [1.54, 1.807) is 0 Å². The number of amides is 2. The molecule has 0 aliphatic carbocycles. The van der Waals surface area contributed by atoms with Crippen LogP contribution in [-0.2, 0) is 14.4 Å². The topological polar surface area (TPSA) is 77.9 Å². The van der Waals surface area contributed by atoms with Gasteiger partial charge < -0.3 is 14.9 Å². The number of nitrogens with zero attached hydrogens (tertiary/aromatic N) is 2. The number of carboxylic acids is 1. The molecular weight excluding hydrogens is 248 g/mol. The van der Waals surface area contributed by atoms with Crippen molar-refractivity contribution < 1.29 is 19.5 Å². The van der Waals surface area contributed by atoms with Crippen LogP contribution in [0.4, 0.5) is 0 Å². The van der Waals surface area contributed by atoms with Gasteiger partial charge in [-0.05, 0) is 19.3 Å². The number of carbonyl (C=O) groups excluding carboxylic acids is 2. The molecule has 6 nitrogen and oxygen atoms in total. The van der Waals surface area contributed by atoms with E-state index in [9.17, 15) is 14.4 Å². The molecule has 2 aliphatic heterocycles. The highest BCUT2D eigenvalue weighted by molar-refractivity contribution is 5.80. The van der Waals surface area contributed by atoms with E-state index < -0.39 is 5.97 Å². The monoisotopic (exact) mass is 268 g/mol. The summed E-state index contributed by atoms with van der Waals surface area (Å²) in [5, 5.41) is 8.52. The number of carbonyl (C=O) groups is 3. The Kier molecular flexibility index (Phi) is 4.39. The summed E-state index contributed by atoms with van der Waals surface area (Å²) in [6.07, 6.45) is 3.15.